The number of rotatable bonds is 10. The third kappa shape index (κ3) is 6.61. The van der Waals surface area contributed by atoms with Crippen molar-refractivity contribution >= 4 is 35.0 Å². The molecule has 1 aromatic carbocycles. The molecule has 0 radical (unpaired) electrons. The van der Waals surface area contributed by atoms with E-state index in [1.165, 1.54) is 31.2 Å². The number of carbonyl (C=O) groups is 2. The van der Waals surface area contributed by atoms with Gasteiger partial charge < -0.3 is 19.5 Å². The summed E-state index contributed by atoms with van der Waals surface area (Å²) in [6, 6.07) is 8.82. The molecule has 26 heavy (non-hydrogen) atoms. The zero-order chi connectivity index (χ0) is 18.8. The van der Waals surface area contributed by atoms with Crippen LogP contribution in [0, 0.1) is 0 Å². The molecule has 1 aromatic heterocycles. The molecule has 0 spiro atoms. The molecule has 2 rings (SSSR count). The second kappa shape index (κ2) is 10.7. The van der Waals surface area contributed by atoms with E-state index in [-0.39, 0.29) is 18.1 Å². The van der Waals surface area contributed by atoms with Crippen LogP contribution in [0.15, 0.2) is 35.7 Å². The average Bonchev–Trinajstić information content (AvgIpc) is 3.18. The number of amides is 1. The van der Waals surface area contributed by atoms with E-state index in [2.05, 4.69) is 11.4 Å². The van der Waals surface area contributed by atoms with E-state index in [1.807, 2.05) is 11.4 Å². The quantitative estimate of drug-likeness (QED) is 0.492. The number of thioether (sulfide) groups is 1. The van der Waals surface area contributed by atoms with Gasteiger partial charge in [-0.25, -0.2) is 4.79 Å². The molecule has 1 heterocycles. The number of methoxy groups -OCH3 is 2. The first kappa shape index (κ1) is 20.1. The number of carbonyl (C=O) groups excluding carboxylic acids is 2. The summed E-state index contributed by atoms with van der Waals surface area (Å²) in [7, 11) is 2.99. The van der Waals surface area contributed by atoms with Gasteiger partial charge in [-0.05, 0) is 23.6 Å². The van der Waals surface area contributed by atoms with Crippen molar-refractivity contribution in [3.8, 4) is 11.5 Å². The molecule has 0 saturated carbocycles. The lowest BCUT2D eigenvalue weighted by atomic mass is 10.2. The highest BCUT2D eigenvalue weighted by Crippen LogP contribution is 2.23. The number of nitrogens with one attached hydrogen (secondary N) is 1. The molecule has 0 saturated heterocycles. The summed E-state index contributed by atoms with van der Waals surface area (Å²) in [5.41, 5.74) is 0.264. The number of ether oxygens (including phenoxy) is 3. The van der Waals surface area contributed by atoms with Crippen LogP contribution in [0.2, 0.25) is 0 Å². The Bertz CT molecular complexity index is 696. The Balaban J connectivity index is 1.68. The minimum absolute atomic E-state index is 0.264. The van der Waals surface area contributed by atoms with Crippen molar-refractivity contribution < 1.29 is 23.8 Å². The fourth-order valence-corrected chi connectivity index (χ4v) is 3.72. The van der Waals surface area contributed by atoms with Gasteiger partial charge in [0.1, 0.15) is 11.5 Å². The molecule has 0 aliphatic heterocycles. The van der Waals surface area contributed by atoms with Gasteiger partial charge in [-0.3, -0.25) is 4.79 Å². The van der Waals surface area contributed by atoms with Crippen molar-refractivity contribution in [1.82, 2.24) is 5.32 Å². The molecule has 1 amide bonds. The van der Waals surface area contributed by atoms with Gasteiger partial charge in [0.05, 0.1) is 19.8 Å². The first-order valence-corrected chi connectivity index (χ1v) is 9.93. The van der Waals surface area contributed by atoms with Crippen LogP contribution in [0.4, 0.5) is 0 Å². The van der Waals surface area contributed by atoms with Crippen LogP contribution in [0.1, 0.15) is 15.2 Å². The van der Waals surface area contributed by atoms with Crippen LogP contribution >= 0.6 is 23.1 Å². The van der Waals surface area contributed by atoms with Crippen molar-refractivity contribution in [2.45, 2.75) is 5.75 Å². The summed E-state index contributed by atoms with van der Waals surface area (Å²) in [5.74, 6) is 1.74. The van der Waals surface area contributed by atoms with Crippen molar-refractivity contribution in [3.05, 3.63) is 46.2 Å². The monoisotopic (exact) mass is 395 g/mol. The molecular formula is C18H21NO5S2. The number of esters is 1. The Labute approximate surface area is 160 Å². The summed E-state index contributed by atoms with van der Waals surface area (Å²) in [6.07, 6.45) is 0. The molecule has 0 fully saturated rings. The Kier molecular flexibility index (Phi) is 8.30. The average molecular weight is 396 g/mol. The first-order chi connectivity index (χ1) is 12.6. The predicted octanol–water partition coefficient (Wildman–Crippen LogP) is 2.97. The van der Waals surface area contributed by atoms with Gasteiger partial charge in [-0.2, -0.15) is 11.8 Å². The smallest absolute Gasteiger partial charge is 0.338 e. The molecule has 8 heteroatoms. The lowest BCUT2D eigenvalue weighted by molar-refractivity contribution is -0.124. The summed E-state index contributed by atoms with van der Waals surface area (Å²) in [6.45, 7) is 0.202. The second-order valence-electron chi connectivity index (χ2n) is 5.16. The maximum atomic E-state index is 12.1. The molecule has 6 nitrogen and oxygen atoms in total. The number of hydrogen-bond donors (Lipinski definition) is 1. The van der Waals surface area contributed by atoms with E-state index in [4.69, 9.17) is 14.2 Å². The Morgan fingerprint density at radius 3 is 2.50 bits per heavy atom. The number of hydrogen-bond acceptors (Lipinski definition) is 7. The van der Waals surface area contributed by atoms with Gasteiger partial charge in [-0.15, -0.1) is 11.3 Å². The highest BCUT2D eigenvalue weighted by atomic mass is 32.2. The Hall–Kier alpha value is -2.19. The van der Waals surface area contributed by atoms with Crippen LogP contribution < -0.4 is 14.8 Å². The van der Waals surface area contributed by atoms with Crippen LogP contribution in [0.3, 0.4) is 0 Å². The molecule has 140 valence electrons. The summed E-state index contributed by atoms with van der Waals surface area (Å²) in [5, 5.41) is 4.78. The predicted molar refractivity (Wildman–Crippen MR) is 103 cm³/mol. The normalized spacial score (nSPS) is 10.2. The fraction of sp³-hybridized carbons (Fsp3) is 0.333. The highest BCUT2D eigenvalue weighted by molar-refractivity contribution is 7.98. The van der Waals surface area contributed by atoms with Gasteiger partial charge in [0.25, 0.3) is 5.91 Å². The topological polar surface area (TPSA) is 73.9 Å². The van der Waals surface area contributed by atoms with Crippen molar-refractivity contribution in [2.24, 2.45) is 0 Å². The van der Waals surface area contributed by atoms with E-state index in [9.17, 15) is 9.59 Å². The fourth-order valence-electron chi connectivity index (χ4n) is 2.02. The lowest BCUT2D eigenvalue weighted by Crippen LogP contribution is -2.30. The molecular weight excluding hydrogens is 374 g/mol. The van der Waals surface area contributed by atoms with E-state index in [0.29, 0.717) is 18.0 Å². The second-order valence-corrected chi connectivity index (χ2v) is 7.30. The van der Waals surface area contributed by atoms with Crippen molar-refractivity contribution in [1.29, 1.82) is 0 Å². The Morgan fingerprint density at radius 2 is 1.88 bits per heavy atom. The first-order valence-electron chi connectivity index (χ1n) is 7.89. The highest BCUT2D eigenvalue weighted by Gasteiger charge is 2.13. The zero-order valence-corrected chi connectivity index (χ0v) is 16.3. The molecule has 0 aliphatic carbocycles. The van der Waals surface area contributed by atoms with Crippen molar-refractivity contribution in [2.75, 3.05) is 33.1 Å². The van der Waals surface area contributed by atoms with Crippen molar-refractivity contribution in [3.63, 3.8) is 0 Å². The van der Waals surface area contributed by atoms with E-state index >= 15 is 0 Å². The largest absolute Gasteiger partial charge is 0.497 e. The summed E-state index contributed by atoms with van der Waals surface area (Å²) < 4.78 is 15.3. The van der Waals surface area contributed by atoms with Crippen LogP contribution in [-0.4, -0.2) is 45.0 Å². The van der Waals surface area contributed by atoms with Crippen LogP contribution in [0.25, 0.3) is 0 Å². The van der Waals surface area contributed by atoms with Crippen LogP contribution in [-0.2, 0) is 15.3 Å². The molecule has 2 aromatic rings. The maximum Gasteiger partial charge on any atom is 0.338 e. The Morgan fingerprint density at radius 1 is 1.15 bits per heavy atom. The third-order valence-corrected chi connectivity index (χ3v) is 5.38. The zero-order valence-electron chi connectivity index (χ0n) is 14.7. The van der Waals surface area contributed by atoms with E-state index in [1.54, 1.807) is 29.2 Å². The molecule has 0 aliphatic rings. The third-order valence-electron chi connectivity index (χ3n) is 3.31. The molecule has 0 atom stereocenters. The van der Waals surface area contributed by atoms with Crippen LogP contribution in [0.5, 0.6) is 11.5 Å². The summed E-state index contributed by atoms with van der Waals surface area (Å²) >= 11 is 3.46. The van der Waals surface area contributed by atoms with E-state index in [0.717, 1.165) is 11.5 Å². The SMILES string of the molecule is COc1cc(OC)cc(C(=O)OCC(=O)NCCSCc2cccs2)c1. The molecule has 0 unspecified atom stereocenters. The maximum absolute atomic E-state index is 12.1. The van der Waals surface area contributed by atoms with Gasteiger partial charge >= 0.3 is 5.97 Å². The lowest BCUT2D eigenvalue weighted by Gasteiger charge is -2.09. The summed E-state index contributed by atoms with van der Waals surface area (Å²) in [4.78, 5) is 25.2. The van der Waals surface area contributed by atoms with Gasteiger partial charge in [0.2, 0.25) is 0 Å². The minimum Gasteiger partial charge on any atom is -0.497 e. The van der Waals surface area contributed by atoms with Gasteiger partial charge in [0, 0.05) is 29.0 Å². The van der Waals surface area contributed by atoms with Gasteiger partial charge in [0.15, 0.2) is 6.61 Å². The van der Waals surface area contributed by atoms with Gasteiger partial charge in [-0.1, -0.05) is 6.07 Å². The van der Waals surface area contributed by atoms with E-state index < -0.39 is 5.97 Å². The standard InChI is InChI=1S/C18H21NO5S2/c1-22-14-8-13(9-15(10-14)23-2)18(21)24-11-17(20)19-5-7-25-12-16-4-3-6-26-16/h3-4,6,8-10H,5,7,11-12H2,1-2H3,(H,19,20). The number of thiophene rings is 1. The number of benzene rings is 1. The molecule has 1 N–H and O–H groups in total. The molecule has 0 bridgehead atoms. The minimum atomic E-state index is -0.607.